The Kier molecular flexibility index (Phi) is 4.25. The Hall–Kier alpha value is -2.35. The Morgan fingerprint density at radius 2 is 2.19 bits per heavy atom. The molecule has 2 heterocycles. The SMILES string of the molecule is CC1(C)C[C@@H](NC(=O)C2(c3ccc(Cl)cc3O)CC2)CN(c2nn[nH]n2)C1. The molecule has 2 aliphatic rings. The van der Waals surface area contributed by atoms with Gasteiger partial charge >= 0.3 is 0 Å². The third-order valence-corrected chi connectivity index (χ3v) is 5.71. The van der Waals surface area contributed by atoms with Crippen LogP contribution in [0.25, 0.3) is 0 Å². The number of nitrogens with zero attached hydrogens (tertiary/aromatic N) is 4. The molecule has 1 saturated heterocycles. The Morgan fingerprint density at radius 1 is 1.41 bits per heavy atom. The predicted octanol–water partition coefficient (Wildman–Crippen LogP) is 2.01. The lowest BCUT2D eigenvalue weighted by molar-refractivity contribution is -0.124. The number of benzene rings is 1. The molecule has 0 unspecified atom stereocenters. The highest BCUT2D eigenvalue weighted by Gasteiger charge is 2.53. The molecule has 1 aromatic heterocycles. The van der Waals surface area contributed by atoms with Crippen molar-refractivity contribution in [2.45, 2.75) is 44.6 Å². The second-order valence-corrected chi connectivity index (χ2v) is 8.81. The first-order chi connectivity index (χ1) is 12.8. The molecule has 2 aromatic rings. The standard InChI is InChI=1S/C18H23ClN6O2/c1-17(2)8-12(9-25(10-17)16-21-23-24-22-16)20-15(27)18(5-6-18)13-4-3-11(19)7-14(13)26/h3-4,7,12,26H,5-6,8-10H2,1-2H3,(H,20,27)(H,21,22,23,24)/t12-/m1/s1. The van der Waals surface area contributed by atoms with Gasteiger partial charge in [-0.25, -0.2) is 0 Å². The summed E-state index contributed by atoms with van der Waals surface area (Å²) in [6.07, 6.45) is 2.30. The molecule has 144 valence electrons. The number of piperidine rings is 1. The minimum atomic E-state index is -0.659. The fourth-order valence-corrected chi connectivity index (χ4v) is 4.33. The number of phenolic OH excluding ortho intramolecular Hbond substituents is 1. The highest BCUT2D eigenvalue weighted by Crippen LogP contribution is 2.52. The molecule has 0 spiro atoms. The molecule has 1 aromatic carbocycles. The number of aromatic amines is 1. The maximum Gasteiger partial charge on any atom is 0.265 e. The summed E-state index contributed by atoms with van der Waals surface area (Å²) in [6, 6.07) is 4.92. The van der Waals surface area contributed by atoms with Crippen LogP contribution in [0.1, 0.15) is 38.7 Å². The van der Waals surface area contributed by atoms with Crippen molar-refractivity contribution < 1.29 is 9.90 Å². The largest absolute Gasteiger partial charge is 0.508 e. The van der Waals surface area contributed by atoms with Crippen LogP contribution in [0.5, 0.6) is 5.75 Å². The summed E-state index contributed by atoms with van der Waals surface area (Å²) in [5, 5.41) is 28.2. The number of anilines is 1. The predicted molar refractivity (Wildman–Crippen MR) is 101 cm³/mol. The van der Waals surface area contributed by atoms with Gasteiger partial charge in [0.25, 0.3) is 5.95 Å². The van der Waals surface area contributed by atoms with Crippen molar-refractivity contribution >= 4 is 23.5 Å². The van der Waals surface area contributed by atoms with Gasteiger partial charge in [-0.1, -0.05) is 36.6 Å². The molecule has 2 fully saturated rings. The van der Waals surface area contributed by atoms with Crippen LogP contribution in [0.3, 0.4) is 0 Å². The summed E-state index contributed by atoms with van der Waals surface area (Å²) in [7, 11) is 0. The lowest BCUT2D eigenvalue weighted by atomic mass is 9.81. The number of H-pyrrole nitrogens is 1. The summed E-state index contributed by atoms with van der Waals surface area (Å²) >= 11 is 5.93. The summed E-state index contributed by atoms with van der Waals surface area (Å²) in [5.74, 6) is 0.571. The minimum absolute atomic E-state index is 0.00402. The van der Waals surface area contributed by atoms with E-state index in [0.29, 0.717) is 23.1 Å². The zero-order valence-corrected chi connectivity index (χ0v) is 16.1. The van der Waals surface area contributed by atoms with Gasteiger partial charge in [-0.3, -0.25) is 4.79 Å². The number of hydrogen-bond donors (Lipinski definition) is 3. The normalized spacial score (nSPS) is 23.1. The lowest BCUT2D eigenvalue weighted by Crippen LogP contribution is -2.55. The number of phenols is 1. The van der Waals surface area contributed by atoms with E-state index in [2.05, 4.69) is 39.8 Å². The molecular weight excluding hydrogens is 368 g/mol. The minimum Gasteiger partial charge on any atom is -0.508 e. The third kappa shape index (κ3) is 3.45. The van der Waals surface area contributed by atoms with Crippen LogP contribution in [0.4, 0.5) is 5.95 Å². The average molecular weight is 391 g/mol. The number of aromatic hydroxyl groups is 1. The highest BCUT2D eigenvalue weighted by atomic mass is 35.5. The first-order valence-electron chi connectivity index (χ1n) is 9.07. The van der Waals surface area contributed by atoms with E-state index in [1.165, 1.54) is 6.07 Å². The molecule has 9 heteroatoms. The number of carbonyl (C=O) groups excluding carboxylic acids is 1. The molecule has 8 nitrogen and oxygen atoms in total. The van der Waals surface area contributed by atoms with Crippen molar-refractivity contribution in [2.24, 2.45) is 5.41 Å². The number of amides is 1. The van der Waals surface area contributed by atoms with Gasteiger partial charge in [0.2, 0.25) is 5.91 Å². The van der Waals surface area contributed by atoms with Crippen LogP contribution in [0.15, 0.2) is 18.2 Å². The van der Waals surface area contributed by atoms with Crippen LogP contribution < -0.4 is 10.2 Å². The maximum atomic E-state index is 13.1. The molecule has 1 aliphatic heterocycles. The van der Waals surface area contributed by atoms with E-state index >= 15 is 0 Å². The van der Waals surface area contributed by atoms with Gasteiger partial charge in [0.05, 0.1) is 5.41 Å². The summed E-state index contributed by atoms with van der Waals surface area (Å²) in [6.45, 7) is 5.74. The number of hydrogen-bond acceptors (Lipinski definition) is 6. The van der Waals surface area contributed by atoms with E-state index in [4.69, 9.17) is 11.6 Å². The Bertz CT molecular complexity index is 850. The zero-order valence-electron chi connectivity index (χ0n) is 15.4. The van der Waals surface area contributed by atoms with Gasteiger partial charge in [0.15, 0.2) is 0 Å². The average Bonchev–Trinajstić information content (AvgIpc) is 3.19. The molecule has 1 saturated carbocycles. The number of tetrazole rings is 1. The fraction of sp³-hybridized carbons (Fsp3) is 0.556. The van der Waals surface area contributed by atoms with Gasteiger partial charge in [-0.15, -0.1) is 5.10 Å². The second-order valence-electron chi connectivity index (χ2n) is 8.37. The molecular formula is C18H23ClN6O2. The summed E-state index contributed by atoms with van der Waals surface area (Å²) < 4.78 is 0. The van der Waals surface area contributed by atoms with Crippen molar-refractivity contribution in [3.8, 4) is 5.75 Å². The van der Waals surface area contributed by atoms with Crippen molar-refractivity contribution in [1.82, 2.24) is 25.9 Å². The van der Waals surface area contributed by atoms with E-state index in [1.807, 2.05) is 4.90 Å². The topological polar surface area (TPSA) is 107 Å². The van der Waals surface area contributed by atoms with Crippen molar-refractivity contribution in [3.63, 3.8) is 0 Å². The number of nitrogens with one attached hydrogen (secondary N) is 2. The monoisotopic (exact) mass is 390 g/mol. The molecule has 0 radical (unpaired) electrons. The molecule has 1 atom stereocenters. The highest BCUT2D eigenvalue weighted by molar-refractivity contribution is 6.30. The van der Waals surface area contributed by atoms with Crippen molar-refractivity contribution in [1.29, 1.82) is 0 Å². The van der Waals surface area contributed by atoms with Crippen LogP contribution in [-0.2, 0) is 10.2 Å². The van der Waals surface area contributed by atoms with Gasteiger partial charge in [0, 0.05) is 29.7 Å². The van der Waals surface area contributed by atoms with Gasteiger partial charge in [-0.2, -0.15) is 5.21 Å². The first-order valence-corrected chi connectivity index (χ1v) is 9.45. The van der Waals surface area contributed by atoms with Crippen LogP contribution >= 0.6 is 11.6 Å². The third-order valence-electron chi connectivity index (χ3n) is 5.47. The second kappa shape index (κ2) is 6.37. The maximum absolute atomic E-state index is 13.1. The Morgan fingerprint density at radius 3 is 2.81 bits per heavy atom. The molecule has 1 amide bonds. The molecule has 4 rings (SSSR count). The quantitative estimate of drug-likeness (QED) is 0.737. The van der Waals surface area contributed by atoms with Gasteiger partial charge < -0.3 is 15.3 Å². The Balaban J connectivity index is 1.52. The first kappa shape index (κ1) is 18.0. The van der Waals surface area contributed by atoms with Crippen LogP contribution in [-0.4, -0.2) is 50.8 Å². The molecule has 27 heavy (non-hydrogen) atoms. The number of halogens is 1. The molecule has 1 aliphatic carbocycles. The van der Waals surface area contributed by atoms with E-state index in [-0.39, 0.29) is 23.1 Å². The van der Waals surface area contributed by atoms with Gasteiger partial charge in [0.1, 0.15) is 5.75 Å². The summed E-state index contributed by atoms with van der Waals surface area (Å²) in [5.41, 5.74) is -0.0158. The van der Waals surface area contributed by atoms with Crippen LogP contribution in [0.2, 0.25) is 5.02 Å². The summed E-state index contributed by atoms with van der Waals surface area (Å²) in [4.78, 5) is 15.2. The fourth-order valence-electron chi connectivity index (χ4n) is 4.16. The van der Waals surface area contributed by atoms with Gasteiger partial charge in [-0.05, 0) is 42.0 Å². The molecule has 0 bridgehead atoms. The van der Waals surface area contributed by atoms with Crippen molar-refractivity contribution in [3.05, 3.63) is 28.8 Å². The van der Waals surface area contributed by atoms with E-state index in [9.17, 15) is 9.90 Å². The Labute approximate surface area is 162 Å². The van der Waals surface area contributed by atoms with Crippen LogP contribution in [0, 0.1) is 5.41 Å². The van der Waals surface area contributed by atoms with Crippen molar-refractivity contribution in [2.75, 3.05) is 18.0 Å². The van der Waals surface area contributed by atoms with E-state index < -0.39 is 5.41 Å². The lowest BCUT2D eigenvalue weighted by Gasteiger charge is -2.42. The number of carbonyl (C=O) groups is 1. The number of aromatic nitrogens is 4. The molecule has 3 N–H and O–H groups in total. The zero-order chi connectivity index (χ0) is 19.2. The van der Waals surface area contributed by atoms with E-state index in [0.717, 1.165) is 25.8 Å². The number of rotatable bonds is 4. The van der Waals surface area contributed by atoms with E-state index in [1.54, 1.807) is 12.1 Å². The smallest absolute Gasteiger partial charge is 0.265 e.